The third-order valence-electron chi connectivity index (χ3n) is 5.95. The summed E-state index contributed by atoms with van der Waals surface area (Å²) in [6, 6.07) is 38.9. The van der Waals surface area contributed by atoms with Crippen LogP contribution in [-0.4, -0.2) is 4.92 Å². The van der Waals surface area contributed by atoms with E-state index in [9.17, 15) is 10.1 Å². The molecule has 10 heteroatoms. The smallest absolute Gasteiger partial charge is 0.258 e. The Bertz CT molecular complexity index is 1600. The summed E-state index contributed by atoms with van der Waals surface area (Å²) in [5.74, 6) is 0. The zero-order chi connectivity index (χ0) is 28.7. The molecule has 0 saturated carbocycles. The second kappa shape index (κ2) is 12.8. The first-order valence-electron chi connectivity index (χ1n) is 11.9. The first-order chi connectivity index (χ1) is 19.1. The van der Waals surface area contributed by atoms with Gasteiger partial charge in [-0.3, -0.25) is 10.1 Å². The van der Waals surface area contributed by atoms with Gasteiger partial charge in [0.15, 0.2) is 6.54 Å². The highest BCUT2D eigenvalue weighted by atomic mass is 35.7. The molecule has 8 nitrogen and oxygen atoms in total. The average molecular weight is 577 g/mol. The zero-order valence-electron chi connectivity index (χ0n) is 20.9. The molecule has 4 aromatic carbocycles. The van der Waals surface area contributed by atoms with Gasteiger partial charge in [-0.05, 0) is 41.5 Å². The molecule has 0 unspecified atom stereocenters. The van der Waals surface area contributed by atoms with Crippen LogP contribution in [-0.2, 0) is 6.54 Å². The number of hydrogen-bond donors (Lipinski definition) is 0. The van der Waals surface area contributed by atoms with Gasteiger partial charge in [0.2, 0.25) is 11.4 Å². The minimum Gasteiger partial charge on any atom is -0.258 e. The topological polar surface area (TPSA) is 139 Å². The Morgan fingerprint density at radius 3 is 1.80 bits per heavy atom. The third kappa shape index (κ3) is 7.71. The molecular formula is C30H22Cl2N2O6. The van der Waals surface area contributed by atoms with Crippen molar-refractivity contribution in [1.82, 2.24) is 0 Å². The van der Waals surface area contributed by atoms with Crippen molar-refractivity contribution in [2.24, 2.45) is 0 Å². The predicted molar refractivity (Wildman–Crippen MR) is 140 cm³/mol. The van der Waals surface area contributed by atoms with E-state index in [2.05, 4.69) is 34.9 Å². The normalized spacial score (nSPS) is 10.9. The van der Waals surface area contributed by atoms with Gasteiger partial charge in [-0.25, -0.2) is 18.6 Å². The van der Waals surface area contributed by atoms with Crippen LogP contribution in [0.15, 0.2) is 121 Å². The summed E-state index contributed by atoms with van der Waals surface area (Å²) in [5.41, 5.74) is 6.40. The lowest BCUT2D eigenvalue weighted by molar-refractivity contribution is -2.00. The Hall–Kier alpha value is -4.15. The third-order valence-corrected chi connectivity index (χ3v) is 6.18. The van der Waals surface area contributed by atoms with E-state index in [0.29, 0.717) is 17.1 Å². The molecule has 1 heterocycles. The number of nitro benzene ring substituents is 1. The van der Waals surface area contributed by atoms with Crippen LogP contribution in [0.5, 0.6) is 0 Å². The highest BCUT2D eigenvalue weighted by Crippen LogP contribution is 2.33. The van der Waals surface area contributed by atoms with Gasteiger partial charge in [-0.15, -0.1) is 10.2 Å². The van der Waals surface area contributed by atoms with E-state index in [1.807, 2.05) is 78.9 Å². The summed E-state index contributed by atoms with van der Waals surface area (Å²) in [6.07, 6.45) is 0. The van der Waals surface area contributed by atoms with Gasteiger partial charge < -0.3 is 0 Å². The molecule has 0 amide bonds. The van der Waals surface area contributed by atoms with E-state index < -0.39 is 10.2 Å². The van der Waals surface area contributed by atoms with E-state index in [-0.39, 0.29) is 10.6 Å². The van der Waals surface area contributed by atoms with Crippen molar-refractivity contribution in [3.05, 3.63) is 142 Å². The first-order valence-corrected chi connectivity index (χ1v) is 13.5. The van der Waals surface area contributed by atoms with Crippen LogP contribution in [0.2, 0.25) is 5.02 Å². The van der Waals surface area contributed by atoms with Crippen LogP contribution in [0.25, 0.3) is 33.6 Å². The van der Waals surface area contributed by atoms with Crippen LogP contribution >= 0.6 is 11.6 Å². The summed E-state index contributed by atoms with van der Waals surface area (Å²) < 4.78 is 36.1. The minimum atomic E-state index is -4.94. The Labute approximate surface area is 237 Å². The first kappa shape index (κ1) is 28.8. The summed E-state index contributed by atoms with van der Waals surface area (Å²) in [7, 11) is -4.94. The number of benzene rings is 4. The fourth-order valence-electron chi connectivity index (χ4n) is 4.33. The standard InChI is InChI=1S/C30H22ClN2O2.ClHO4/c31-26-15-9-10-22(18-26)21-32-29(24-13-5-2-6-14-24)19-25(23-11-3-1-4-12-23)20-30(32)27-16-7-8-17-28(27)33(34)35;2-1(3,4)5/h1-20H,21H2;(H,2,3,4,5)/q+1;/p-1. The highest BCUT2D eigenvalue weighted by molar-refractivity contribution is 6.30. The largest absolute Gasteiger partial charge is 0.283 e. The summed E-state index contributed by atoms with van der Waals surface area (Å²) in [4.78, 5) is 11.7. The lowest BCUT2D eigenvalue weighted by Gasteiger charge is -2.17. The van der Waals surface area contributed by atoms with E-state index in [4.69, 9.17) is 30.2 Å². The molecule has 0 aliphatic carbocycles. The molecule has 202 valence electrons. The SMILES string of the molecule is O=[N+]([O-])c1ccccc1-c1cc(-c2ccccc2)cc(-c2ccccc2)[n+]1Cc1cccc(Cl)c1.[O-][Cl+3]([O-])([O-])[O-]. The van der Waals surface area contributed by atoms with Crippen LogP contribution in [0.4, 0.5) is 5.69 Å². The summed E-state index contributed by atoms with van der Waals surface area (Å²) in [5, 5.41) is 12.6. The minimum absolute atomic E-state index is 0.0663. The van der Waals surface area contributed by atoms with Crippen molar-refractivity contribution in [3.8, 4) is 33.6 Å². The van der Waals surface area contributed by atoms with Crippen molar-refractivity contribution in [1.29, 1.82) is 0 Å². The molecule has 0 spiro atoms. The van der Waals surface area contributed by atoms with Crippen LogP contribution < -0.4 is 23.2 Å². The Balaban J connectivity index is 0.000000681. The van der Waals surface area contributed by atoms with Crippen molar-refractivity contribution < 1.29 is 38.4 Å². The molecule has 5 aromatic rings. The van der Waals surface area contributed by atoms with Gasteiger partial charge in [-0.2, -0.15) is 4.57 Å². The maximum Gasteiger partial charge on any atom is 0.283 e. The molecular weight excluding hydrogens is 555 g/mol. The maximum atomic E-state index is 12.0. The zero-order valence-corrected chi connectivity index (χ0v) is 22.4. The number of hydrogen-bond acceptors (Lipinski definition) is 6. The molecule has 0 radical (unpaired) electrons. The highest BCUT2D eigenvalue weighted by Gasteiger charge is 2.28. The van der Waals surface area contributed by atoms with Gasteiger partial charge in [0.1, 0.15) is 5.56 Å². The van der Waals surface area contributed by atoms with Crippen LogP contribution in [0, 0.1) is 20.4 Å². The van der Waals surface area contributed by atoms with Gasteiger partial charge in [0.05, 0.1) is 4.92 Å². The lowest BCUT2D eigenvalue weighted by Crippen LogP contribution is -2.68. The molecule has 0 bridgehead atoms. The van der Waals surface area contributed by atoms with E-state index in [0.717, 1.165) is 33.6 Å². The Kier molecular flexibility index (Phi) is 9.23. The number of nitrogens with zero attached hydrogens (tertiary/aromatic N) is 2. The molecule has 0 saturated heterocycles. The molecule has 0 atom stereocenters. The van der Waals surface area contributed by atoms with Crippen LogP contribution in [0.3, 0.4) is 0 Å². The van der Waals surface area contributed by atoms with E-state index >= 15 is 0 Å². The number of para-hydroxylation sites is 1. The van der Waals surface area contributed by atoms with Crippen molar-refractivity contribution in [2.75, 3.05) is 0 Å². The quantitative estimate of drug-likeness (QED) is 0.173. The fraction of sp³-hybridized carbons (Fsp3) is 0.0333. The molecule has 40 heavy (non-hydrogen) atoms. The number of halogens is 2. The number of rotatable bonds is 6. The van der Waals surface area contributed by atoms with Crippen molar-refractivity contribution in [2.45, 2.75) is 6.54 Å². The predicted octanol–water partition coefficient (Wildman–Crippen LogP) is 2.83. The van der Waals surface area contributed by atoms with E-state index in [1.54, 1.807) is 12.1 Å². The van der Waals surface area contributed by atoms with Crippen LogP contribution in [0.1, 0.15) is 5.56 Å². The Morgan fingerprint density at radius 1 is 0.650 bits per heavy atom. The van der Waals surface area contributed by atoms with Crippen molar-refractivity contribution in [3.63, 3.8) is 0 Å². The molecule has 0 fully saturated rings. The van der Waals surface area contributed by atoms with Crippen molar-refractivity contribution >= 4 is 17.3 Å². The molecule has 5 rings (SSSR count). The second-order valence-electron chi connectivity index (χ2n) is 8.61. The van der Waals surface area contributed by atoms with Gasteiger partial charge in [0, 0.05) is 34.3 Å². The summed E-state index contributed by atoms with van der Waals surface area (Å²) >= 11 is 6.30. The maximum absolute atomic E-state index is 12.0. The van der Waals surface area contributed by atoms with Gasteiger partial charge in [0.25, 0.3) is 5.69 Å². The second-order valence-corrected chi connectivity index (χ2v) is 9.81. The monoisotopic (exact) mass is 576 g/mol. The molecule has 0 aliphatic heterocycles. The number of aromatic nitrogens is 1. The number of nitro groups is 1. The summed E-state index contributed by atoms with van der Waals surface area (Å²) in [6.45, 7) is 0.501. The fourth-order valence-corrected chi connectivity index (χ4v) is 4.54. The lowest BCUT2D eigenvalue weighted by atomic mass is 9.98. The molecule has 0 aliphatic rings. The van der Waals surface area contributed by atoms with Gasteiger partial charge >= 0.3 is 0 Å². The van der Waals surface area contributed by atoms with Gasteiger partial charge in [-0.1, -0.05) is 84.4 Å². The number of pyridine rings is 1. The molecule has 0 N–H and O–H groups in total. The Morgan fingerprint density at radius 2 is 1.20 bits per heavy atom. The molecule has 1 aromatic heterocycles. The average Bonchev–Trinajstić information content (AvgIpc) is 2.93. The van der Waals surface area contributed by atoms with E-state index in [1.165, 1.54) is 0 Å².